The van der Waals surface area contributed by atoms with Crippen LogP contribution >= 0.6 is 28.1 Å². The molecule has 0 radical (unpaired) electrons. The highest BCUT2D eigenvalue weighted by Gasteiger charge is 2.35. The third-order valence-corrected chi connectivity index (χ3v) is 6.35. The Hall–Kier alpha value is -4.02. The normalized spacial score (nSPS) is 14.5. The first kappa shape index (κ1) is 26.1. The van der Waals surface area contributed by atoms with Gasteiger partial charge in [-0.1, -0.05) is 34.1 Å². The molecular weight excluding hydrogens is 560 g/mol. The van der Waals surface area contributed by atoms with Gasteiger partial charge in [0, 0.05) is 4.47 Å². The number of aromatic carboxylic acids is 1. The Bertz CT molecular complexity index is 1470. The SMILES string of the molecule is COc1cc(/C=C2\C(=O)NC(=S)N(c3ccc(Br)cc3C)C2=O)ccc1OCc1cccc(C(=O)O)c1. The first-order valence-corrected chi connectivity index (χ1v) is 12.2. The lowest BCUT2D eigenvalue weighted by Crippen LogP contribution is -2.54. The minimum Gasteiger partial charge on any atom is -0.493 e. The molecule has 1 aliphatic heterocycles. The van der Waals surface area contributed by atoms with Gasteiger partial charge in [0.2, 0.25) is 0 Å². The monoisotopic (exact) mass is 580 g/mol. The second kappa shape index (κ2) is 10.9. The lowest BCUT2D eigenvalue weighted by Gasteiger charge is -2.30. The predicted octanol–water partition coefficient (Wildman–Crippen LogP) is 4.87. The molecule has 0 spiro atoms. The Morgan fingerprint density at radius 3 is 2.59 bits per heavy atom. The minimum absolute atomic E-state index is 0.00543. The van der Waals surface area contributed by atoms with Crippen molar-refractivity contribution in [1.29, 1.82) is 0 Å². The number of hydrogen-bond acceptors (Lipinski definition) is 6. The van der Waals surface area contributed by atoms with Crippen molar-refractivity contribution in [2.24, 2.45) is 0 Å². The summed E-state index contributed by atoms with van der Waals surface area (Å²) in [4.78, 5) is 38.5. The Morgan fingerprint density at radius 1 is 1.11 bits per heavy atom. The molecule has 0 aromatic heterocycles. The van der Waals surface area contributed by atoms with Gasteiger partial charge in [-0.25, -0.2) is 4.79 Å². The number of carbonyl (C=O) groups is 3. The molecule has 3 aromatic carbocycles. The van der Waals surface area contributed by atoms with E-state index in [4.69, 9.17) is 26.8 Å². The number of halogens is 1. The molecule has 2 N–H and O–H groups in total. The molecule has 8 nitrogen and oxygen atoms in total. The van der Waals surface area contributed by atoms with Crippen molar-refractivity contribution >= 4 is 62.8 Å². The van der Waals surface area contributed by atoms with Gasteiger partial charge >= 0.3 is 5.97 Å². The highest BCUT2D eigenvalue weighted by molar-refractivity contribution is 9.10. The van der Waals surface area contributed by atoms with Gasteiger partial charge in [-0.3, -0.25) is 19.8 Å². The minimum atomic E-state index is -1.02. The summed E-state index contributed by atoms with van der Waals surface area (Å²) < 4.78 is 12.1. The number of amides is 2. The second-order valence-corrected chi connectivity index (χ2v) is 9.40. The number of aryl methyl sites for hydroxylation is 1. The summed E-state index contributed by atoms with van der Waals surface area (Å²) in [6.45, 7) is 1.97. The van der Waals surface area contributed by atoms with Crippen molar-refractivity contribution < 1.29 is 29.0 Å². The smallest absolute Gasteiger partial charge is 0.335 e. The molecule has 0 unspecified atom stereocenters. The highest BCUT2D eigenvalue weighted by atomic mass is 79.9. The summed E-state index contributed by atoms with van der Waals surface area (Å²) >= 11 is 8.69. The summed E-state index contributed by atoms with van der Waals surface area (Å²) in [5.41, 5.74) is 2.66. The van der Waals surface area contributed by atoms with Crippen LogP contribution in [-0.2, 0) is 16.2 Å². The van der Waals surface area contributed by atoms with Crippen LogP contribution in [0, 0.1) is 6.92 Å². The Labute approximate surface area is 226 Å². The molecule has 1 fully saturated rings. The topological polar surface area (TPSA) is 105 Å². The molecule has 4 rings (SSSR count). The molecule has 188 valence electrons. The van der Waals surface area contributed by atoms with Crippen molar-refractivity contribution in [2.75, 3.05) is 12.0 Å². The van der Waals surface area contributed by atoms with Gasteiger partial charge < -0.3 is 14.6 Å². The number of thiocarbonyl (C=S) groups is 1. The third-order valence-electron chi connectivity index (χ3n) is 5.57. The maximum absolute atomic E-state index is 13.3. The average Bonchev–Trinajstić information content (AvgIpc) is 2.86. The maximum Gasteiger partial charge on any atom is 0.335 e. The predicted molar refractivity (Wildman–Crippen MR) is 146 cm³/mol. The molecule has 0 atom stereocenters. The second-order valence-electron chi connectivity index (χ2n) is 8.09. The van der Waals surface area contributed by atoms with Gasteiger partial charge in [0.25, 0.3) is 11.8 Å². The van der Waals surface area contributed by atoms with Crippen molar-refractivity contribution in [3.63, 3.8) is 0 Å². The molecule has 3 aromatic rings. The number of ether oxygens (including phenoxy) is 2. The molecule has 0 bridgehead atoms. The van der Waals surface area contributed by atoms with Crippen LogP contribution in [0.1, 0.15) is 27.0 Å². The standard InChI is InChI=1S/C27H21BrN2O6S/c1-15-10-19(28)7-8-21(15)30-25(32)20(24(31)29-27(30)37)12-16-6-9-22(23(13-16)35-2)36-14-17-4-3-5-18(11-17)26(33)34/h3-13H,14H2,1-2H3,(H,33,34)(H,29,31,37)/b20-12+. The number of nitrogens with zero attached hydrogens (tertiary/aromatic N) is 1. The lowest BCUT2D eigenvalue weighted by molar-refractivity contribution is -0.122. The van der Waals surface area contributed by atoms with Crippen LogP contribution in [0.15, 0.2) is 70.7 Å². The number of hydrogen-bond donors (Lipinski definition) is 2. The number of anilines is 1. The zero-order valence-electron chi connectivity index (χ0n) is 19.8. The Morgan fingerprint density at radius 2 is 1.89 bits per heavy atom. The van der Waals surface area contributed by atoms with Gasteiger partial charge in [0.15, 0.2) is 16.6 Å². The van der Waals surface area contributed by atoms with E-state index in [2.05, 4.69) is 21.2 Å². The van der Waals surface area contributed by atoms with Crippen LogP contribution in [0.2, 0.25) is 0 Å². The van der Waals surface area contributed by atoms with Gasteiger partial charge in [0.05, 0.1) is 18.4 Å². The molecule has 2 amide bonds. The quantitative estimate of drug-likeness (QED) is 0.233. The van der Waals surface area contributed by atoms with Gasteiger partial charge in [0.1, 0.15) is 12.2 Å². The van der Waals surface area contributed by atoms with E-state index < -0.39 is 17.8 Å². The summed E-state index contributed by atoms with van der Waals surface area (Å²) in [5, 5.41) is 11.8. The zero-order valence-corrected chi connectivity index (χ0v) is 22.2. The fourth-order valence-electron chi connectivity index (χ4n) is 3.76. The van der Waals surface area contributed by atoms with E-state index in [9.17, 15) is 14.4 Å². The zero-order chi connectivity index (χ0) is 26.7. The average molecular weight is 581 g/mol. The Kier molecular flexibility index (Phi) is 7.70. The molecule has 1 heterocycles. The number of benzene rings is 3. The maximum atomic E-state index is 13.3. The van der Waals surface area contributed by atoms with Gasteiger partial charge in [-0.2, -0.15) is 0 Å². The highest BCUT2D eigenvalue weighted by Crippen LogP contribution is 2.31. The van der Waals surface area contributed by atoms with E-state index in [0.717, 1.165) is 10.0 Å². The van der Waals surface area contributed by atoms with Crippen LogP contribution in [0.4, 0.5) is 5.69 Å². The van der Waals surface area contributed by atoms with Crippen LogP contribution in [-0.4, -0.2) is 35.1 Å². The molecule has 1 aliphatic rings. The fraction of sp³-hybridized carbons (Fsp3) is 0.111. The number of methoxy groups -OCH3 is 1. The lowest BCUT2D eigenvalue weighted by atomic mass is 10.1. The van der Waals surface area contributed by atoms with Crippen molar-refractivity contribution in [2.45, 2.75) is 13.5 Å². The molecule has 0 saturated carbocycles. The third kappa shape index (κ3) is 5.71. The molecule has 37 heavy (non-hydrogen) atoms. The molecule has 0 aliphatic carbocycles. The van der Waals surface area contributed by atoms with Crippen LogP contribution in [0.25, 0.3) is 6.08 Å². The number of carboxylic acid groups (broad SMARTS) is 1. The van der Waals surface area contributed by atoms with Crippen molar-refractivity contribution in [3.8, 4) is 11.5 Å². The Balaban J connectivity index is 1.59. The number of nitrogens with one attached hydrogen (secondary N) is 1. The van der Waals surface area contributed by atoms with E-state index in [-0.39, 0.29) is 22.9 Å². The van der Waals surface area contributed by atoms with Crippen molar-refractivity contribution in [1.82, 2.24) is 5.32 Å². The number of carboxylic acids is 1. The van der Waals surface area contributed by atoms with Crippen molar-refractivity contribution in [3.05, 3.63) is 93.0 Å². The summed E-state index contributed by atoms with van der Waals surface area (Å²) in [6.07, 6.45) is 1.46. The van der Waals surface area contributed by atoms with Gasteiger partial charge in [-0.15, -0.1) is 0 Å². The summed E-state index contributed by atoms with van der Waals surface area (Å²) in [6, 6.07) is 16.8. The van der Waals surface area contributed by atoms with E-state index in [1.54, 1.807) is 42.5 Å². The first-order valence-electron chi connectivity index (χ1n) is 11.0. The molecule has 10 heteroatoms. The van der Waals surface area contributed by atoms with Crippen LogP contribution in [0.5, 0.6) is 11.5 Å². The summed E-state index contributed by atoms with van der Waals surface area (Å²) in [7, 11) is 1.47. The first-order chi connectivity index (χ1) is 17.7. The number of rotatable bonds is 7. The molecular formula is C27H21BrN2O6S. The van der Waals surface area contributed by atoms with E-state index in [1.165, 1.54) is 30.2 Å². The van der Waals surface area contributed by atoms with Crippen LogP contribution < -0.4 is 19.7 Å². The van der Waals surface area contributed by atoms with E-state index in [1.807, 2.05) is 13.0 Å². The summed E-state index contributed by atoms with van der Waals surface area (Å²) in [5.74, 6) is -1.37. The number of carbonyl (C=O) groups excluding carboxylic acids is 2. The molecule has 1 saturated heterocycles. The van der Waals surface area contributed by atoms with E-state index >= 15 is 0 Å². The van der Waals surface area contributed by atoms with Gasteiger partial charge in [-0.05, 0) is 84.4 Å². The fourth-order valence-corrected chi connectivity index (χ4v) is 4.51. The largest absolute Gasteiger partial charge is 0.493 e. The van der Waals surface area contributed by atoms with E-state index in [0.29, 0.717) is 28.3 Å². The van der Waals surface area contributed by atoms with Crippen LogP contribution in [0.3, 0.4) is 0 Å².